The fraction of sp³-hybridized carbons (Fsp3) is 0.286. The quantitative estimate of drug-likeness (QED) is 0.933. The number of aryl methyl sites for hydroxylation is 1. The number of nitrogens with zero attached hydrogens (tertiary/aromatic N) is 3. The summed E-state index contributed by atoms with van der Waals surface area (Å²) in [6.45, 7) is 3.39. The maximum absolute atomic E-state index is 5.87. The van der Waals surface area contributed by atoms with Crippen molar-refractivity contribution in [2.24, 2.45) is 0 Å². The van der Waals surface area contributed by atoms with Crippen LogP contribution in [-0.2, 0) is 13.1 Å². The number of rotatable bonds is 4. The monoisotopic (exact) mass is 276 g/mol. The Labute approximate surface area is 118 Å². The Morgan fingerprint density at radius 3 is 2.47 bits per heavy atom. The van der Waals surface area contributed by atoms with Gasteiger partial charge in [0, 0.05) is 23.3 Å². The minimum atomic E-state index is 0.516. The number of halogens is 1. The molecule has 0 saturated carbocycles. The lowest BCUT2D eigenvalue weighted by Crippen LogP contribution is -2.19. The molecule has 1 aromatic heterocycles. The highest BCUT2D eigenvalue weighted by atomic mass is 35.5. The predicted octanol–water partition coefficient (Wildman–Crippen LogP) is 2.65. The summed E-state index contributed by atoms with van der Waals surface area (Å²) in [7, 11) is 2.02. The lowest BCUT2D eigenvalue weighted by Gasteiger charge is -2.16. The maximum atomic E-state index is 5.87. The van der Waals surface area contributed by atoms with Gasteiger partial charge in [-0.1, -0.05) is 23.7 Å². The van der Waals surface area contributed by atoms with Crippen LogP contribution in [0.2, 0.25) is 5.02 Å². The Hall–Kier alpha value is -1.65. The first kappa shape index (κ1) is 13.8. The van der Waals surface area contributed by atoms with Crippen molar-refractivity contribution in [3.63, 3.8) is 0 Å². The van der Waals surface area contributed by atoms with E-state index in [1.54, 1.807) is 6.07 Å². The lowest BCUT2D eigenvalue weighted by molar-refractivity contribution is 0.310. The average Bonchev–Trinajstić information content (AvgIpc) is 2.30. The summed E-state index contributed by atoms with van der Waals surface area (Å²) in [5, 5.41) is 0.751. The van der Waals surface area contributed by atoms with Crippen LogP contribution in [0.1, 0.15) is 17.1 Å². The van der Waals surface area contributed by atoms with E-state index in [1.807, 2.05) is 38.2 Å². The van der Waals surface area contributed by atoms with Crippen molar-refractivity contribution < 1.29 is 0 Å². The Morgan fingerprint density at radius 2 is 1.84 bits per heavy atom. The van der Waals surface area contributed by atoms with E-state index in [0.29, 0.717) is 12.4 Å². The summed E-state index contributed by atoms with van der Waals surface area (Å²) < 4.78 is 0. The molecule has 0 bridgehead atoms. The second-order valence-corrected chi connectivity index (χ2v) is 5.09. The molecule has 0 spiro atoms. The third-order valence-electron chi connectivity index (χ3n) is 2.70. The molecule has 0 aliphatic heterocycles. The molecule has 2 aromatic rings. The fourth-order valence-corrected chi connectivity index (χ4v) is 2.05. The van der Waals surface area contributed by atoms with Gasteiger partial charge < -0.3 is 5.73 Å². The van der Waals surface area contributed by atoms with Crippen LogP contribution in [0.25, 0.3) is 0 Å². The molecular weight excluding hydrogens is 260 g/mol. The van der Waals surface area contributed by atoms with Crippen molar-refractivity contribution in [3.8, 4) is 0 Å². The molecule has 1 heterocycles. The molecule has 0 unspecified atom stereocenters. The van der Waals surface area contributed by atoms with Crippen LogP contribution in [-0.4, -0.2) is 21.9 Å². The molecule has 0 aliphatic rings. The van der Waals surface area contributed by atoms with Crippen molar-refractivity contribution in [3.05, 3.63) is 52.4 Å². The standard InChI is InChI=1S/C14H17ClN4/c1-10-7-13(16)18-14(17-10)9-19(2)8-11-3-5-12(15)6-4-11/h3-7H,8-9H2,1-2H3,(H2,16,17,18). The van der Waals surface area contributed by atoms with Gasteiger partial charge >= 0.3 is 0 Å². The van der Waals surface area contributed by atoms with Crippen LogP contribution in [0.5, 0.6) is 0 Å². The van der Waals surface area contributed by atoms with E-state index < -0.39 is 0 Å². The predicted molar refractivity (Wildman–Crippen MR) is 77.8 cm³/mol. The van der Waals surface area contributed by atoms with E-state index >= 15 is 0 Å². The van der Waals surface area contributed by atoms with Gasteiger partial charge in [0.05, 0.1) is 6.54 Å². The van der Waals surface area contributed by atoms with Crippen LogP contribution < -0.4 is 5.73 Å². The molecule has 0 radical (unpaired) electrons. The van der Waals surface area contributed by atoms with Gasteiger partial charge in [0.1, 0.15) is 11.6 Å². The Kier molecular flexibility index (Phi) is 4.35. The largest absolute Gasteiger partial charge is 0.384 e. The van der Waals surface area contributed by atoms with Gasteiger partial charge in [-0.3, -0.25) is 4.90 Å². The fourth-order valence-electron chi connectivity index (χ4n) is 1.93. The molecule has 5 heteroatoms. The van der Waals surface area contributed by atoms with Gasteiger partial charge in [-0.25, -0.2) is 9.97 Å². The molecule has 4 nitrogen and oxygen atoms in total. The highest BCUT2D eigenvalue weighted by Crippen LogP contribution is 2.12. The summed E-state index contributed by atoms with van der Waals surface area (Å²) in [6.07, 6.45) is 0. The minimum Gasteiger partial charge on any atom is -0.384 e. The minimum absolute atomic E-state index is 0.516. The third kappa shape index (κ3) is 4.19. The van der Waals surface area contributed by atoms with E-state index in [0.717, 1.165) is 23.1 Å². The smallest absolute Gasteiger partial charge is 0.144 e. The molecule has 0 fully saturated rings. The first-order valence-electron chi connectivity index (χ1n) is 6.06. The van der Waals surface area contributed by atoms with E-state index in [-0.39, 0.29) is 0 Å². The molecule has 0 atom stereocenters. The highest BCUT2D eigenvalue weighted by Gasteiger charge is 2.05. The van der Waals surface area contributed by atoms with E-state index in [1.165, 1.54) is 5.56 Å². The van der Waals surface area contributed by atoms with E-state index in [9.17, 15) is 0 Å². The zero-order chi connectivity index (χ0) is 13.8. The topological polar surface area (TPSA) is 55.0 Å². The van der Waals surface area contributed by atoms with Crippen LogP contribution in [0.3, 0.4) is 0 Å². The number of nitrogen functional groups attached to an aromatic ring is 1. The summed E-state index contributed by atoms with van der Waals surface area (Å²) >= 11 is 5.87. The molecule has 1 aromatic carbocycles. The van der Waals surface area contributed by atoms with Crippen molar-refractivity contribution in [2.75, 3.05) is 12.8 Å². The molecule has 19 heavy (non-hydrogen) atoms. The Morgan fingerprint density at radius 1 is 1.16 bits per heavy atom. The highest BCUT2D eigenvalue weighted by molar-refractivity contribution is 6.30. The van der Waals surface area contributed by atoms with Crippen LogP contribution >= 0.6 is 11.6 Å². The average molecular weight is 277 g/mol. The lowest BCUT2D eigenvalue weighted by atomic mass is 10.2. The van der Waals surface area contributed by atoms with E-state index in [2.05, 4.69) is 14.9 Å². The van der Waals surface area contributed by atoms with Crippen LogP contribution in [0.4, 0.5) is 5.82 Å². The zero-order valence-electron chi connectivity index (χ0n) is 11.1. The molecule has 0 aliphatic carbocycles. The number of hydrogen-bond donors (Lipinski definition) is 1. The zero-order valence-corrected chi connectivity index (χ0v) is 11.9. The number of nitrogens with two attached hydrogens (primary N) is 1. The summed E-state index contributed by atoms with van der Waals surface area (Å²) in [5.41, 5.74) is 7.81. The number of benzene rings is 1. The number of anilines is 1. The van der Waals surface area contributed by atoms with E-state index in [4.69, 9.17) is 17.3 Å². The Balaban J connectivity index is 2.00. The van der Waals surface area contributed by atoms with Crippen LogP contribution in [0.15, 0.2) is 30.3 Å². The van der Waals surface area contributed by atoms with Crippen molar-refractivity contribution in [1.82, 2.24) is 14.9 Å². The van der Waals surface area contributed by atoms with Gasteiger partial charge in [0.25, 0.3) is 0 Å². The molecule has 0 amide bonds. The van der Waals surface area contributed by atoms with Crippen molar-refractivity contribution in [1.29, 1.82) is 0 Å². The molecule has 0 saturated heterocycles. The SMILES string of the molecule is Cc1cc(N)nc(CN(C)Cc2ccc(Cl)cc2)n1. The van der Waals surface area contributed by atoms with Gasteiger partial charge in [0.2, 0.25) is 0 Å². The maximum Gasteiger partial charge on any atom is 0.144 e. The van der Waals surface area contributed by atoms with Crippen molar-refractivity contribution in [2.45, 2.75) is 20.0 Å². The normalized spacial score (nSPS) is 10.9. The van der Waals surface area contributed by atoms with Gasteiger partial charge in [-0.2, -0.15) is 0 Å². The van der Waals surface area contributed by atoms with Crippen molar-refractivity contribution >= 4 is 17.4 Å². The summed E-state index contributed by atoms with van der Waals surface area (Å²) in [4.78, 5) is 10.7. The first-order valence-corrected chi connectivity index (χ1v) is 6.44. The second kappa shape index (κ2) is 5.99. The first-order chi connectivity index (χ1) is 9.02. The third-order valence-corrected chi connectivity index (χ3v) is 2.95. The Bertz CT molecular complexity index is 534. The van der Waals surface area contributed by atoms with Crippen LogP contribution in [0, 0.1) is 6.92 Å². The molecular formula is C14H17ClN4. The molecule has 2 N–H and O–H groups in total. The second-order valence-electron chi connectivity index (χ2n) is 4.65. The number of aromatic nitrogens is 2. The van der Waals surface area contributed by atoms with Gasteiger partial charge in [0.15, 0.2) is 0 Å². The number of hydrogen-bond acceptors (Lipinski definition) is 4. The summed E-state index contributed by atoms with van der Waals surface area (Å²) in [5.74, 6) is 1.26. The van der Waals surface area contributed by atoms with Gasteiger partial charge in [-0.05, 0) is 31.7 Å². The molecule has 100 valence electrons. The summed E-state index contributed by atoms with van der Waals surface area (Å²) in [6, 6.07) is 9.59. The van der Waals surface area contributed by atoms with Gasteiger partial charge in [-0.15, -0.1) is 0 Å². The molecule has 2 rings (SSSR count).